The summed E-state index contributed by atoms with van der Waals surface area (Å²) in [6.07, 6.45) is 3.14. The highest BCUT2D eigenvalue weighted by molar-refractivity contribution is 9.10. The third-order valence-electron chi connectivity index (χ3n) is 3.00. The molecule has 7 heteroatoms. The van der Waals surface area contributed by atoms with E-state index in [0.717, 1.165) is 0 Å². The molecule has 1 unspecified atom stereocenters. The number of non-ortho nitro benzene ring substituents is 1. The predicted molar refractivity (Wildman–Crippen MR) is 82.1 cm³/mol. The molecule has 0 fully saturated rings. The molecule has 0 spiro atoms. The number of halogens is 1. The van der Waals surface area contributed by atoms with E-state index >= 15 is 0 Å². The van der Waals surface area contributed by atoms with Crippen molar-refractivity contribution in [3.63, 3.8) is 0 Å². The molecule has 1 amide bonds. The number of hydrogen-bond acceptors (Lipinski definition) is 4. The standard InChI is InChI=1S/C14H12BrN3O3/c1-9(10-3-2-4-11(7-10)18(20)21)14(19)17-13-5-6-16-8-12(13)15/h2-9H,1H3,(H,16,17,19). The monoisotopic (exact) mass is 349 g/mol. The van der Waals surface area contributed by atoms with Gasteiger partial charge in [-0.15, -0.1) is 0 Å². The summed E-state index contributed by atoms with van der Waals surface area (Å²) in [5, 5.41) is 13.5. The number of aromatic nitrogens is 1. The van der Waals surface area contributed by atoms with Crippen LogP contribution in [0.4, 0.5) is 11.4 Å². The molecule has 0 aliphatic heterocycles. The van der Waals surface area contributed by atoms with Crippen molar-refractivity contribution < 1.29 is 9.72 Å². The molecule has 0 radical (unpaired) electrons. The van der Waals surface area contributed by atoms with Gasteiger partial charge in [0.1, 0.15) is 0 Å². The SMILES string of the molecule is CC(C(=O)Nc1ccncc1Br)c1cccc([N+](=O)[O-])c1. The van der Waals surface area contributed by atoms with Gasteiger partial charge in [-0.2, -0.15) is 0 Å². The largest absolute Gasteiger partial charge is 0.324 e. The summed E-state index contributed by atoms with van der Waals surface area (Å²) in [6.45, 7) is 1.70. The maximum Gasteiger partial charge on any atom is 0.269 e. The number of benzene rings is 1. The maximum absolute atomic E-state index is 12.2. The molecule has 1 N–H and O–H groups in total. The first kappa shape index (κ1) is 15.1. The fourth-order valence-electron chi connectivity index (χ4n) is 1.78. The number of hydrogen-bond donors (Lipinski definition) is 1. The Balaban J connectivity index is 2.18. The van der Waals surface area contributed by atoms with E-state index in [1.54, 1.807) is 37.5 Å². The van der Waals surface area contributed by atoms with Crippen LogP contribution in [0.5, 0.6) is 0 Å². The molecule has 1 aromatic heterocycles. The molecule has 1 aromatic carbocycles. The van der Waals surface area contributed by atoms with E-state index in [1.807, 2.05) is 0 Å². The van der Waals surface area contributed by atoms with Crippen LogP contribution < -0.4 is 5.32 Å². The lowest BCUT2D eigenvalue weighted by Crippen LogP contribution is -2.19. The van der Waals surface area contributed by atoms with E-state index in [4.69, 9.17) is 0 Å². The number of carbonyl (C=O) groups excluding carboxylic acids is 1. The fraction of sp³-hybridized carbons (Fsp3) is 0.143. The van der Waals surface area contributed by atoms with Crippen molar-refractivity contribution in [2.24, 2.45) is 0 Å². The average Bonchev–Trinajstić information content (AvgIpc) is 2.49. The Labute approximate surface area is 129 Å². The minimum atomic E-state index is -0.509. The first-order chi connectivity index (χ1) is 9.99. The molecule has 21 heavy (non-hydrogen) atoms. The second-order valence-corrected chi connectivity index (χ2v) is 5.27. The van der Waals surface area contributed by atoms with Gasteiger partial charge in [0.2, 0.25) is 5.91 Å². The van der Waals surface area contributed by atoms with Crippen LogP contribution in [-0.4, -0.2) is 15.8 Å². The Bertz CT molecular complexity index is 691. The number of nitrogens with zero attached hydrogens (tertiary/aromatic N) is 2. The van der Waals surface area contributed by atoms with Crippen molar-refractivity contribution in [1.82, 2.24) is 4.98 Å². The van der Waals surface area contributed by atoms with Gasteiger partial charge in [-0.25, -0.2) is 0 Å². The lowest BCUT2D eigenvalue weighted by atomic mass is 10.00. The molecule has 0 aliphatic rings. The van der Waals surface area contributed by atoms with Crippen molar-refractivity contribution in [2.45, 2.75) is 12.8 Å². The predicted octanol–water partition coefficient (Wildman–Crippen LogP) is 3.49. The quantitative estimate of drug-likeness (QED) is 0.676. The van der Waals surface area contributed by atoms with Crippen LogP contribution >= 0.6 is 15.9 Å². The zero-order valence-corrected chi connectivity index (χ0v) is 12.7. The van der Waals surface area contributed by atoms with Gasteiger partial charge in [0, 0.05) is 24.5 Å². The van der Waals surface area contributed by atoms with E-state index < -0.39 is 10.8 Å². The molecular weight excluding hydrogens is 338 g/mol. The highest BCUT2D eigenvalue weighted by atomic mass is 79.9. The van der Waals surface area contributed by atoms with Gasteiger partial charge >= 0.3 is 0 Å². The molecule has 2 rings (SSSR count). The average molecular weight is 350 g/mol. The van der Waals surface area contributed by atoms with Crippen molar-refractivity contribution >= 4 is 33.2 Å². The molecule has 0 aliphatic carbocycles. The number of amides is 1. The number of pyridine rings is 1. The normalized spacial score (nSPS) is 11.7. The van der Waals surface area contributed by atoms with Crippen LogP contribution in [0.3, 0.4) is 0 Å². The summed E-state index contributed by atoms with van der Waals surface area (Å²) >= 11 is 3.29. The van der Waals surface area contributed by atoms with Crippen molar-refractivity contribution in [1.29, 1.82) is 0 Å². The van der Waals surface area contributed by atoms with Crippen LogP contribution in [-0.2, 0) is 4.79 Å². The molecule has 108 valence electrons. The Morgan fingerprint density at radius 3 is 2.86 bits per heavy atom. The Morgan fingerprint density at radius 1 is 1.43 bits per heavy atom. The van der Waals surface area contributed by atoms with Crippen molar-refractivity contribution in [3.05, 3.63) is 62.9 Å². The molecular formula is C14H12BrN3O3. The van der Waals surface area contributed by atoms with Crippen LogP contribution in [0, 0.1) is 10.1 Å². The zero-order valence-electron chi connectivity index (χ0n) is 11.1. The third-order valence-corrected chi connectivity index (χ3v) is 3.64. The Morgan fingerprint density at radius 2 is 2.19 bits per heavy atom. The summed E-state index contributed by atoms with van der Waals surface area (Å²) in [7, 11) is 0. The molecule has 2 aromatic rings. The van der Waals surface area contributed by atoms with E-state index in [1.165, 1.54) is 12.1 Å². The topological polar surface area (TPSA) is 85.1 Å². The summed E-state index contributed by atoms with van der Waals surface area (Å²) in [4.78, 5) is 26.4. The lowest BCUT2D eigenvalue weighted by Gasteiger charge is -2.13. The molecule has 0 saturated heterocycles. The van der Waals surface area contributed by atoms with Gasteiger partial charge in [-0.05, 0) is 34.5 Å². The van der Waals surface area contributed by atoms with Gasteiger partial charge in [0.15, 0.2) is 0 Å². The fourth-order valence-corrected chi connectivity index (χ4v) is 2.13. The molecule has 6 nitrogen and oxygen atoms in total. The summed E-state index contributed by atoms with van der Waals surface area (Å²) < 4.78 is 0.671. The number of carbonyl (C=O) groups is 1. The van der Waals surface area contributed by atoms with E-state index in [2.05, 4.69) is 26.2 Å². The molecule has 1 atom stereocenters. The van der Waals surface area contributed by atoms with Crippen molar-refractivity contribution in [3.8, 4) is 0 Å². The smallest absolute Gasteiger partial charge is 0.269 e. The van der Waals surface area contributed by atoms with Crippen LogP contribution in [0.15, 0.2) is 47.2 Å². The first-order valence-electron chi connectivity index (χ1n) is 6.14. The minimum absolute atomic E-state index is 0.0303. The van der Waals surface area contributed by atoms with Gasteiger partial charge in [-0.3, -0.25) is 19.9 Å². The number of nitro benzene ring substituents is 1. The molecule has 0 saturated carbocycles. The van der Waals surface area contributed by atoms with Crippen LogP contribution in [0.1, 0.15) is 18.4 Å². The zero-order chi connectivity index (χ0) is 15.4. The first-order valence-corrected chi connectivity index (χ1v) is 6.93. The maximum atomic E-state index is 12.2. The Hall–Kier alpha value is -2.28. The molecule has 0 bridgehead atoms. The molecule has 1 heterocycles. The van der Waals surface area contributed by atoms with Gasteiger partial charge in [0.25, 0.3) is 5.69 Å². The third kappa shape index (κ3) is 3.63. The van der Waals surface area contributed by atoms with E-state index in [0.29, 0.717) is 15.7 Å². The highest BCUT2D eigenvalue weighted by Crippen LogP contribution is 2.24. The lowest BCUT2D eigenvalue weighted by molar-refractivity contribution is -0.384. The van der Waals surface area contributed by atoms with Crippen LogP contribution in [0.2, 0.25) is 0 Å². The van der Waals surface area contributed by atoms with Crippen LogP contribution in [0.25, 0.3) is 0 Å². The number of rotatable bonds is 4. The summed E-state index contributed by atoms with van der Waals surface area (Å²) in [5.41, 5.74) is 1.16. The van der Waals surface area contributed by atoms with E-state index in [9.17, 15) is 14.9 Å². The van der Waals surface area contributed by atoms with Crippen molar-refractivity contribution in [2.75, 3.05) is 5.32 Å². The highest BCUT2D eigenvalue weighted by Gasteiger charge is 2.18. The second-order valence-electron chi connectivity index (χ2n) is 4.42. The summed E-state index contributed by atoms with van der Waals surface area (Å²) in [5.74, 6) is -0.757. The van der Waals surface area contributed by atoms with Gasteiger partial charge < -0.3 is 5.32 Å². The van der Waals surface area contributed by atoms with E-state index in [-0.39, 0.29) is 11.6 Å². The van der Waals surface area contributed by atoms with Gasteiger partial charge in [-0.1, -0.05) is 12.1 Å². The number of nitro groups is 1. The second kappa shape index (κ2) is 6.45. The Kier molecular flexibility index (Phi) is 4.64. The number of anilines is 1. The summed E-state index contributed by atoms with van der Waals surface area (Å²) in [6, 6.07) is 7.74. The minimum Gasteiger partial charge on any atom is -0.324 e. The number of nitrogens with one attached hydrogen (secondary N) is 1. The van der Waals surface area contributed by atoms with Gasteiger partial charge in [0.05, 0.1) is 21.0 Å².